The lowest BCUT2D eigenvalue weighted by Crippen LogP contribution is -2.38. The third kappa shape index (κ3) is 3.07. The van der Waals surface area contributed by atoms with E-state index in [1.807, 2.05) is 13.8 Å². The average molecular weight is 281 g/mol. The first-order valence-electron chi connectivity index (χ1n) is 6.34. The maximum absolute atomic E-state index is 12.1. The molecule has 2 amide bonds. The largest absolute Gasteiger partial charge is 0.347 e. The second kappa shape index (κ2) is 5.61. The number of benzene rings is 1. The summed E-state index contributed by atoms with van der Waals surface area (Å²) < 4.78 is 0. The van der Waals surface area contributed by atoms with Gasteiger partial charge in [0.05, 0.1) is 16.6 Å². The molecule has 0 saturated carbocycles. The average Bonchev–Trinajstić information content (AvgIpc) is 2.70. The summed E-state index contributed by atoms with van der Waals surface area (Å²) in [6.45, 7) is 4.50. The van der Waals surface area contributed by atoms with Crippen LogP contribution in [0.25, 0.3) is 0 Å². The Labute approximate surface area is 117 Å². The zero-order chi connectivity index (χ0) is 14.0. The topological polar surface area (TPSA) is 49.4 Å². The molecule has 0 spiro atoms. The molecule has 1 aliphatic rings. The van der Waals surface area contributed by atoms with Crippen LogP contribution >= 0.6 is 11.6 Å². The van der Waals surface area contributed by atoms with Crippen LogP contribution in [0.1, 0.15) is 30.6 Å². The van der Waals surface area contributed by atoms with Crippen molar-refractivity contribution < 1.29 is 9.59 Å². The van der Waals surface area contributed by atoms with E-state index in [9.17, 15) is 9.59 Å². The van der Waals surface area contributed by atoms with Crippen LogP contribution in [-0.4, -0.2) is 35.3 Å². The number of rotatable bonds is 3. The maximum Gasteiger partial charge on any atom is 0.253 e. The maximum atomic E-state index is 12.1. The molecule has 1 atom stereocenters. The monoisotopic (exact) mass is 280 g/mol. The Morgan fingerprint density at radius 2 is 2.11 bits per heavy atom. The minimum Gasteiger partial charge on any atom is -0.347 e. The number of amides is 2. The molecule has 1 unspecified atom stereocenters. The molecule has 1 aliphatic heterocycles. The minimum absolute atomic E-state index is 0.0828. The van der Waals surface area contributed by atoms with Gasteiger partial charge in [-0.1, -0.05) is 23.7 Å². The van der Waals surface area contributed by atoms with Gasteiger partial charge in [0.25, 0.3) is 5.91 Å². The zero-order valence-electron chi connectivity index (χ0n) is 11.0. The number of hydrogen-bond acceptors (Lipinski definition) is 2. The second-order valence-corrected chi connectivity index (χ2v) is 5.40. The molecule has 1 aromatic carbocycles. The van der Waals surface area contributed by atoms with Crippen LogP contribution in [0.4, 0.5) is 0 Å². The molecule has 1 aromatic rings. The van der Waals surface area contributed by atoms with Crippen molar-refractivity contribution in [3.8, 4) is 0 Å². The van der Waals surface area contributed by atoms with Crippen molar-refractivity contribution in [2.24, 2.45) is 0 Å². The summed E-state index contributed by atoms with van der Waals surface area (Å²) in [6.07, 6.45) is 0.356. The van der Waals surface area contributed by atoms with Crippen molar-refractivity contribution in [2.45, 2.75) is 32.4 Å². The summed E-state index contributed by atoms with van der Waals surface area (Å²) in [6, 6.07) is 6.92. The van der Waals surface area contributed by atoms with Crippen molar-refractivity contribution in [1.29, 1.82) is 0 Å². The Morgan fingerprint density at radius 3 is 2.68 bits per heavy atom. The van der Waals surface area contributed by atoms with Gasteiger partial charge in [-0.15, -0.1) is 0 Å². The third-order valence-electron chi connectivity index (χ3n) is 3.24. The standard InChI is InChI=1S/C14H17ClN2O2/c1-9(2)17-8-10(7-13(17)18)16-14(19)11-5-3-4-6-12(11)15/h3-6,9-10H,7-8H2,1-2H3,(H,16,19). The van der Waals surface area contributed by atoms with Gasteiger partial charge in [0.2, 0.25) is 5.91 Å². The van der Waals surface area contributed by atoms with Crippen LogP contribution in [0.15, 0.2) is 24.3 Å². The predicted octanol–water partition coefficient (Wildman–Crippen LogP) is 2.08. The fourth-order valence-corrected chi connectivity index (χ4v) is 2.46. The molecule has 1 saturated heterocycles. The number of carbonyl (C=O) groups is 2. The lowest BCUT2D eigenvalue weighted by molar-refractivity contribution is -0.129. The van der Waals surface area contributed by atoms with Crippen LogP contribution in [-0.2, 0) is 4.79 Å². The molecule has 19 heavy (non-hydrogen) atoms. The summed E-state index contributed by atoms with van der Waals surface area (Å²) in [5.74, 6) is -0.145. The van der Waals surface area contributed by atoms with E-state index in [4.69, 9.17) is 11.6 Å². The Hall–Kier alpha value is -1.55. The normalized spacial score (nSPS) is 19.1. The number of halogens is 1. The SMILES string of the molecule is CC(C)N1CC(NC(=O)c2ccccc2Cl)CC1=O. The van der Waals surface area contributed by atoms with Crippen molar-refractivity contribution in [1.82, 2.24) is 10.2 Å². The Morgan fingerprint density at radius 1 is 1.42 bits per heavy atom. The van der Waals surface area contributed by atoms with E-state index in [2.05, 4.69) is 5.32 Å². The molecular weight excluding hydrogens is 264 g/mol. The molecule has 0 aliphatic carbocycles. The second-order valence-electron chi connectivity index (χ2n) is 4.99. The zero-order valence-corrected chi connectivity index (χ0v) is 11.8. The van der Waals surface area contributed by atoms with E-state index in [0.717, 1.165) is 0 Å². The van der Waals surface area contributed by atoms with Gasteiger partial charge in [0, 0.05) is 19.0 Å². The molecule has 1 heterocycles. The summed E-state index contributed by atoms with van der Waals surface area (Å²) in [5.41, 5.74) is 0.444. The van der Waals surface area contributed by atoms with Gasteiger partial charge < -0.3 is 10.2 Å². The lowest BCUT2D eigenvalue weighted by Gasteiger charge is -2.21. The number of hydrogen-bond donors (Lipinski definition) is 1. The Balaban J connectivity index is 2.02. The summed E-state index contributed by atoms with van der Waals surface area (Å²) in [4.78, 5) is 25.6. The molecule has 1 fully saturated rings. The molecule has 102 valence electrons. The van der Waals surface area contributed by atoms with Crippen molar-refractivity contribution in [2.75, 3.05) is 6.54 Å². The highest BCUT2D eigenvalue weighted by Gasteiger charge is 2.32. The van der Waals surface area contributed by atoms with Crippen LogP contribution in [0.3, 0.4) is 0 Å². The van der Waals surface area contributed by atoms with E-state index >= 15 is 0 Å². The molecule has 0 bridgehead atoms. The minimum atomic E-state index is -0.228. The molecule has 5 heteroatoms. The number of nitrogens with zero attached hydrogens (tertiary/aromatic N) is 1. The third-order valence-corrected chi connectivity index (χ3v) is 3.57. The predicted molar refractivity (Wildman–Crippen MR) is 74.2 cm³/mol. The van der Waals surface area contributed by atoms with Gasteiger partial charge >= 0.3 is 0 Å². The molecule has 0 radical (unpaired) electrons. The van der Waals surface area contributed by atoms with Gasteiger partial charge in [-0.25, -0.2) is 0 Å². The number of carbonyl (C=O) groups excluding carboxylic acids is 2. The van der Waals surface area contributed by atoms with Crippen molar-refractivity contribution >= 4 is 23.4 Å². The van der Waals surface area contributed by atoms with E-state index in [1.54, 1.807) is 29.2 Å². The van der Waals surface area contributed by atoms with Crippen LogP contribution in [0, 0.1) is 0 Å². The van der Waals surface area contributed by atoms with E-state index in [0.29, 0.717) is 23.6 Å². The van der Waals surface area contributed by atoms with Crippen molar-refractivity contribution in [3.05, 3.63) is 34.9 Å². The highest BCUT2D eigenvalue weighted by molar-refractivity contribution is 6.33. The van der Waals surface area contributed by atoms with E-state index in [-0.39, 0.29) is 23.9 Å². The number of nitrogens with one attached hydrogen (secondary N) is 1. The molecule has 2 rings (SSSR count). The first-order chi connectivity index (χ1) is 8.99. The summed E-state index contributed by atoms with van der Waals surface area (Å²) >= 11 is 5.97. The fourth-order valence-electron chi connectivity index (χ4n) is 2.24. The first kappa shape index (κ1) is 13.9. The van der Waals surface area contributed by atoms with Crippen molar-refractivity contribution in [3.63, 3.8) is 0 Å². The lowest BCUT2D eigenvalue weighted by atomic mass is 10.2. The summed E-state index contributed by atoms with van der Waals surface area (Å²) in [5, 5.41) is 3.29. The van der Waals surface area contributed by atoms with Crippen LogP contribution in [0.2, 0.25) is 5.02 Å². The van der Waals surface area contributed by atoms with E-state index < -0.39 is 0 Å². The van der Waals surface area contributed by atoms with Gasteiger partial charge in [-0.2, -0.15) is 0 Å². The molecule has 0 aromatic heterocycles. The fraction of sp³-hybridized carbons (Fsp3) is 0.429. The smallest absolute Gasteiger partial charge is 0.253 e. The quantitative estimate of drug-likeness (QED) is 0.922. The van der Waals surface area contributed by atoms with E-state index in [1.165, 1.54) is 0 Å². The molecule has 4 nitrogen and oxygen atoms in total. The van der Waals surface area contributed by atoms with Crippen LogP contribution < -0.4 is 5.32 Å². The Kier molecular flexibility index (Phi) is 4.10. The molecule has 1 N–H and O–H groups in total. The van der Waals surface area contributed by atoms with Gasteiger partial charge in [-0.05, 0) is 26.0 Å². The van der Waals surface area contributed by atoms with Gasteiger partial charge in [0.15, 0.2) is 0 Å². The van der Waals surface area contributed by atoms with Gasteiger partial charge in [-0.3, -0.25) is 9.59 Å². The highest BCUT2D eigenvalue weighted by Crippen LogP contribution is 2.17. The van der Waals surface area contributed by atoms with Gasteiger partial charge in [0.1, 0.15) is 0 Å². The summed E-state index contributed by atoms with van der Waals surface area (Å²) in [7, 11) is 0. The van der Waals surface area contributed by atoms with Crippen LogP contribution in [0.5, 0.6) is 0 Å². The first-order valence-corrected chi connectivity index (χ1v) is 6.71. The number of likely N-dealkylation sites (tertiary alicyclic amines) is 1. The molecular formula is C14H17ClN2O2. The highest BCUT2D eigenvalue weighted by atomic mass is 35.5. The Bertz CT molecular complexity index is 502.